The Labute approximate surface area is 116 Å². The van der Waals surface area contributed by atoms with Crippen molar-refractivity contribution in [1.29, 1.82) is 0 Å². The van der Waals surface area contributed by atoms with Crippen molar-refractivity contribution in [3.63, 3.8) is 0 Å². The van der Waals surface area contributed by atoms with Crippen LogP contribution < -0.4 is 0 Å². The number of hydrogen-bond acceptors (Lipinski definition) is 4. The molecule has 0 fully saturated rings. The normalized spacial score (nSPS) is 11.8. The maximum absolute atomic E-state index is 12.4. The summed E-state index contributed by atoms with van der Waals surface area (Å²) in [6.07, 6.45) is -3.48. The molecule has 0 aliphatic rings. The van der Waals surface area contributed by atoms with E-state index in [9.17, 15) is 13.2 Å². The molecule has 0 N–H and O–H groups in total. The first-order chi connectivity index (χ1) is 8.50. The molecule has 7 heteroatoms. The quantitative estimate of drug-likeness (QED) is 0.822. The summed E-state index contributed by atoms with van der Waals surface area (Å²) in [4.78, 5) is 4.81. The third-order valence-corrected chi connectivity index (χ3v) is 4.48. The van der Waals surface area contributed by atoms with Crippen LogP contribution in [0.3, 0.4) is 0 Å². The van der Waals surface area contributed by atoms with Gasteiger partial charge in [0.2, 0.25) is 0 Å². The lowest BCUT2D eigenvalue weighted by Crippen LogP contribution is -2.04. The molecule has 2 rings (SSSR count). The lowest BCUT2D eigenvalue weighted by atomic mass is 10.3. The second kappa shape index (κ2) is 5.54. The average Bonchev–Trinajstić information content (AvgIpc) is 2.76. The Morgan fingerprint density at radius 1 is 1.28 bits per heavy atom. The minimum atomic E-state index is -4.34. The minimum absolute atomic E-state index is 0.546. The van der Waals surface area contributed by atoms with E-state index in [2.05, 4.69) is 17.6 Å². The van der Waals surface area contributed by atoms with Crippen LogP contribution in [0.15, 0.2) is 39.0 Å². The summed E-state index contributed by atoms with van der Waals surface area (Å²) in [6.45, 7) is 0. The molecule has 18 heavy (non-hydrogen) atoms. The molecule has 0 saturated carbocycles. The molecular weight excluding hydrogens is 299 g/mol. The van der Waals surface area contributed by atoms with E-state index in [-0.39, 0.29) is 0 Å². The first-order valence-corrected chi connectivity index (χ1v) is 7.27. The van der Waals surface area contributed by atoms with E-state index in [1.165, 1.54) is 29.2 Å². The van der Waals surface area contributed by atoms with Crippen LogP contribution in [0, 0.1) is 0 Å². The first kappa shape index (κ1) is 13.8. The summed E-state index contributed by atoms with van der Waals surface area (Å²) in [5.74, 6) is 0.604. The summed E-state index contributed by atoms with van der Waals surface area (Å²) in [6, 6.07) is 2.43. The van der Waals surface area contributed by atoms with Crippen LogP contribution >= 0.6 is 35.7 Å². The molecule has 0 unspecified atom stereocenters. The van der Waals surface area contributed by atoms with Crippen LogP contribution in [0.2, 0.25) is 0 Å². The first-order valence-electron chi connectivity index (χ1n) is 4.87. The fourth-order valence-electron chi connectivity index (χ4n) is 1.24. The summed E-state index contributed by atoms with van der Waals surface area (Å²) in [5.41, 5.74) is 0.335. The fraction of sp³-hybridized carbons (Fsp3) is 0.182. The number of thiol groups is 1. The van der Waals surface area contributed by atoms with Crippen LogP contribution in [-0.4, -0.2) is 4.98 Å². The molecular formula is C11H8F3NS3. The molecule has 96 valence electrons. The average molecular weight is 307 g/mol. The van der Waals surface area contributed by atoms with Crippen LogP contribution in [-0.2, 0) is 11.9 Å². The fourth-order valence-corrected chi connectivity index (χ4v) is 3.61. The lowest BCUT2D eigenvalue weighted by Gasteiger charge is -2.06. The van der Waals surface area contributed by atoms with Crippen molar-refractivity contribution in [3.05, 3.63) is 40.2 Å². The SMILES string of the molecule is FC(F)(F)c1ccc(Sc2cscc2CS)nc1. The van der Waals surface area contributed by atoms with Crippen molar-refractivity contribution in [2.24, 2.45) is 0 Å². The summed E-state index contributed by atoms with van der Waals surface area (Å²) in [5, 5.41) is 4.46. The molecule has 1 nitrogen and oxygen atoms in total. The second-order valence-electron chi connectivity index (χ2n) is 3.40. The predicted molar refractivity (Wildman–Crippen MR) is 70.4 cm³/mol. The maximum Gasteiger partial charge on any atom is 0.417 e. The van der Waals surface area contributed by atoms with Gasteiger partial charge in [-0.1, -0.05) is 11.8 Å². The number of hydrogen-bond donors (Lipinski definition) is 1. The number of halogens is 3. The molecule has 0 atom stereocenters. The van der Waals surface area contributed by atoms with Gasteiger partial charge < -0.3 is 0 Å². The Morgan fingerprint density at radius 3 is 2.61 bits per heavy atom. The minimum Gasteiger partial charge on any atom is -0.249 e. The molecule has 0 amide bonds. The van der Waals surface area contributed by atoms with E-state index in [1.807, 2.05) is 10.8 Å². The Bertz CT molecular complexity index is 519. The van der Waals surface area contributed by atoms with E-state index in [0.29, 0.717) is 10.8 Å². The molecule has 0 aliphatic carbocycles. The highest BCUT2D eigenvalue weighted by Gasteiger charge is 2.30. The van der Waals surface area contributed by atoms with E-state index in [1.54, 1.807) is 0 Å². The summed E-state index contributed by atoms with van der Waals surface area (Å²) in [7, 11) is 0. The van der Waals surface area contributed by atoms with E-state index in [0.717, 1.165) is 22.7 Å². The van der Waals surface area contributed by atoms with Gasteiger partial charge in [0.25, 0.3) is 0 Å². The smallest absolute Gasteiger partial charge is 0.249 e. The van der Waals surface area contributed by atoms with Crippen molar-refractivity contribution >= 4 is 35.7 Å². The van der Waals surface area contributed by atoms with Crippen molar-refractivity contribution in [1.82, 2.24) is 4.98 Å². The third-order valence-electron chi connectivity index (χ3n) is 2.15. The summed E-state index contributed by atoms with van der Waals surface area (Å²) < 4.78 is 37.1. The molecule has 2 heterocycles. The molecule has 2 aromatic rings. The molecule has 0 aromatic carbocycles. The van der Waals surface area contributed by atoms with Gasteiger partial charge in [-0.25, -0.2) is 4.98 Å². The second-order valence-corrected chi connectivity index (χ2v) is 5.53. The Hall–Kier alpha value is -0.660. The zero-order valence-corrected chi connectivity index (χ0v) is 11.5. The Kier molecular flexibility index (Phi) is 4.24. The standard InChI is InChI=1S/C11H8F3NS3/c12-11(13,14)8-1-2-10(15-3-8)18-9-6-17-5-7(9)4-16/h1-3,5-6,16H,4H2. The number of rotatable bonds is 3. The van der Waals surface area contributed by atoms with Crippen molar-refractivity contribution in [2.75, 3.05) is 0 Å². The Balaban J connectivity index is 2.16. The van der Waals surface area contributed by atoms with Crippen LogP contribution in [0.1, 0.15) is 11.1 Å². The molecule has 0 radical (unpaired) electrons. The highest BCUT2D eigenvalue weighted by atomic mass is 32.2. The lowest BCUT2D eigenvalue weighted by molar-refractivity contribution is -0.137. The van der Waals surface area contributed by atoms with Gasteiger partial charge in [0.15, 0.2) is 0 Å². The van der Waals surface area contributed by atoms with Gasteiger partial charge in [-0.3, -0.25) is 0 Å². The highest BCUT2D eigenvalue weighted by Crippen LogP contribution is 2.34. The largest absolute Gasteiger partial charge is 0.417 e. The number of pyridine rings is 1. The van der Waals surface area contributed by atoms with Crippen LogP contribution in [0.5, 0.6) is 0 Å². The zero-order valence-electron chi connectivity index (χ0n) is 8.94. The number of alkyl halides is 3. The monoisotopic (exact) mass is 307 g/mol. The van der Waals surface area contributed by atoms with Gasteiger partial charge in [0, 0.05) is 22.2 Å². The van der Waals surface area contributed by atoms with Gasteiger partial charge in [0.05, 0.1) is 5.56 Å². The zero-order chi connectivity index (χ0) is 13.2. The van der Waals surface area contributed by atoms with Gasteiger partial charge in [0.1, 0.15) is 5.03 Å². The molecule has 2 aromatic heterocycles. The van der Waals surface area contributed by atoms with Crippen molar-refractivity contribution < 1.29 is 13.2 Å². The molecule has 0 aliphatic heterocycles. The summed E-state index contributed by atoms with van der Waals surface area (Å²) >= 11 is 7.08. The van der Waals surface area contributed by atoms with Crippen LogP contribution in [0.25, 0.3) is 0 Å². The predicted octanol–water partition coefficient (Wildman–Crippen LogP) is 4.74. The van der Waals surface area contributed by atoms with Gasteiger partial charge in [-0.15, -0.1) is 0 Å². The van der Waals surface area contributed by atoms with E-state index in [4.69, 9.17) is 0 Å². The number of aromatic nitrogens is 1. The van der Waals surface area contributed by atoms with E-state index < -0.39 is 11.7 Å². The number of nitrogens with zero attached hydrogens (tertiary/aromatic N) is 1. The van der Waals surface area contributed by atoms with Gasteiger partial charge in [-0.05, 0) is 23.1 Å². The molecule has 0 spiro atoms. The van der Waals surface area contributed by atoms with Crippen molar-refractivity contribution in [3.8, 4) is 0 Å². The maximum atomic E-state index is 12.4. The molecule has 0 bridgehead atoms. The van der Waals surface area contributed by atoms with Gasteiger partial charge in [-0.2, -0.15) is 37.1 Å². The van der Waals surface area contributed by atoms with E-state index >= 15 is 0 Å². The Morgan fingerprint density at radius 2 is 2.06 bits per heavy atom. The van der Waals surface area contributed by atoms with Gasteiger partial charge >= 0.3 is 6.18 Å². The molecule has 0 saturated heterocycles. The topological polar surface area (TPSA) is 12.9 Å². The highest BCUT2D eigenvalue weighted by molar-refractivity contribution is 7.99. The number of thiophene rings is 1. The third kappa shape index (κ3) is 3.21. The van der Waals surface area contributed by atoms with Crippen LogP contribution in [0.4, 0.5) is 13.2 Å². The van der Waals surface area contributed by atoms with Crippen molar-refractivity contribution in [2.45, 2.75) is 21.9 Å².